The summed E-state index contributed by atoms with van der Waals surface area (Å²) in [5, 5.41) is 3.34. The van der Waals surface area contributed by atoms with Crippen LogP contribution in [0.15, 0.2) is 77.3 Å². The summed E-state index contributed by atoms with van der Waals surface area (Å²) in [5.41, 5.74) is 2.10. The van der Waals surface area contributed by atoms with Crippen LogP contribution in [0.4, 0.5) is 5.69 Å². The van der Waals surface area contributed by atoms with Crippen molar-refractivity contribution in [3.63, 3.8) is 0 Å². The number of carbonyl (C=O) groups is 1. The highest BCUT2D eigenvalue weighted by molar-refractivity contribution is 9.10. The maximum atomic E-state index is 12.6. The van der Waals surface area contributed by atoms with Crippen LogP contribution in [0.2, 0.25) is 5.02 Å². The smallest absolute Gasteiger partial charge is 0.259 e. The Bertz CT molecular complexity index is 884. The van der Waals surface area contributed by atoms with Crippen LogP contribution in [0.3, 0.4) is 0 Å². The molecule has 0 saturated heterocycles. The second kappa shape index (κ2) is 8.19. The van der Waals surface area contributed by atoms with E-state index in [0.717, 1.165) is 10.0 Å². The maximum Gasteiger partial charge on any atom is 0.259 e. The van der Waals surface area contributed by atoms with Crippen LogP contribution >= 0.6 is 27.5 Å². The second-order valence-corrected chi connectivity index (χ2v) is 6.73. The first-order chi connectivity index (χ1) is 12.1. The van der Waals surface area contributed by atoms with Crippen molar-refractivity contribution in [3.8, 4) is 5.75 Å². The van der Waals surface area contributed by atoms with Crippen molar-refractivity contribution in [2.45, 2.75) is 6.61 Å². The van der Waals surface area contributed by atoms with Gasteiger partial charge in [0, 0.05) is 15.2 Å². The molecule has 0 spiro atoms. The number of hydrogen-bond acceptors (Lipinski definition) is 2. The molecule has 0 aliphatic carbocycles. The Morgan fingerprint density at radius 3 is 2.56 bits per heavy atom. The minimum atomic E-state index is -0.274. The van der Waals surface area contributed by atoms with Crippen molar-refractivity contribution in [3.05, 3.63) is 93.4 Å². The van der Waals surface area contributed by atoms with Crippen LogP contribution in [-0.4, -0.2) is 5.91 Å². The van der Waals surface area contributed by atoms with Crippen LogP contribution in [0.5, 0.6) is 5.75 Å². The lowest BCUT2D eigenvalue weighted by molar-refractivity contribution is 0.102. The third-order valence-electron chi connectivity index (χ3n) is 3.51. The van der Waals surface area contributed by atoms with E-state index in [-0.39, 0.29) is 5.91 Å². The number of halogens is 2. The molecule has 25 heavy (non-hydrogen) atoms. The number of nitrogens with one attached hydrogen (secondary N) is 1. The highest BCUT2D eigenvalue weighted by Crippen LogP contribution is 2.25. The SMILES string of the molecule is O=C(Nc1cccc(Br)c1)c1cc(Cl)ccc1OCc1ccccc1. The quantitative estimate of drug-likeness (QED) is 0.559. The third-order valence-corrected chi connectivity index (χ3v) is 4.23. The fourth-order valence-electron chi connectivity index (χ4n) is 2.31. The number of carbonyl (C=O) groups excluding carboxylic acids is 1. The summed E-state index contributed by atoms with van der Waals surface area (Å²) in [4.78, 5) is 12.6. The molecule has 5 heteroatoms. The first-order valence-electron chi connectivity index (χ1n) is 7.65. The molecule has 0 saturated carbocycles. The molecular weight excluding hydrogens is 402 g/mol. The molecule has 0 heterocycles. The van der Waals surface area contributed by atoms with E-state index in [4.69, 9.17) is 16.3 Å². The summed E-state index contributed by atoms with van der Waals surface area (Å²) in [5.74, 6) is 0.212. The Balaban J connectivity index is 1.79. The summed E-state index contributed by atoms with van der Waals surface area (Å²) in [6.45, 7) is 0.375. The van der Waals surface area contributed by atoms with Crippen LogP contribution < -0.4 is 10.1 Å². The van der Waals surface area contributed by atoms with Gasteiger partial charge in [-0.3, -0.25) is 4.79 Å². The molecule has 3 aromatic carbocycles. The Hall–Kier alpha value is -2.30. The lowest BCUT2D eigenvalue weighted by Crippen LogP contribution is -2.13. The van der Waals surface area contributed by atoms with Gasteiger partial charge in [0.2, 0.25) is 0 Å². The van der Waals surface area contributed by atoms with Crippen LogP contribution in [0.25, 0.3) is 0 Å². The highest BCUT2D eigenvalue weighted by atomic mass is 79.9. The molecule has 3 nitrogen and oxygen atoms in total. The van der Waals surface area contributed by atoms with Crippen molar-refractivity contribution >= 4 is 39.1 Å². The molecule has 0 fully saturated rings. The van der Waals surface area contributed by atoms with Gasteiger partial charge in [-0.2, -0.15) is 0 Å². The topological polar surface area (TPSA) is 38.3 Å². The fraction of sp³-hybridized carbons (Fsp3) is 0.0500. The minimum absolute atomic E-state index is 0.274. The molecule has 0 aliphatic rings. The van der Waals surface area contributed by atoms with Crippen molar-refractivity contribution in [1.29, 1.82) is 0 Å². The maximum absolute atomic E-state index is 12.6. The molecule has 3 rings (SSSR count). The normalized spacial score (nSPS) is 10.3. The summed E-state index contributed by atoms with van der Waals surface area (Å²) in [7, 11) is 0. The van der Waals surface area contributed by atoms with Gasteiger partial charge in [0.25, 0.3) is 5.91 Å². The number of anilines is 1. The molecule has 0 radical (unpaired) electrons. The lowest BCUT2D eigenvalue weighted by Gasteiger charge is -2.12. The first kappa shape index (κ1) is 17.5. The lowest BCUT2D eigenvalue weighted by atomic mass is 10.1. The number of benzene rings is 3. The van der Waals surface area contributed by atoms with Gasteiger partial charge in [0.05, 0.1) is 5.56 Å². The van der Waals surface area contributed by atoms with Crippen molar-refractivity contribution < 1.29 is 9.53 Å². The molecular formula is C20H15BrClNO2. The molecule has 0 aromatic heterocycles. The minimum Gasteiger partial charge on any atom is -0.488 e. The van der Waals surface area contributed by atoms with E-state index in [2.05, 4.69) is 21.2 Å². The molecule has 1 N–H and O–H groups in total. The molecule has 0 bridgehead atoms. The van der Waals surface area contributed by atoms with Crippen LogP contribution in [0, 0.1) is 0 Å². The van der Waals surface area contributed by atoms with E-state index >= 15 is 0 Å². The number of hydrogen-bond donors (Lipinski definition) is 1. The van der Waals surface area contributed by atoms with Gasteiger partial charge in [0.1, 0.15) is 12.4 Å². The summed E-state index contributed by atoms with van der Waals surface area (Å²) >= 11 is 9.45. The molecule has 3 aromatic rings. The Morgan fingerprint density at radius 2 is 1.80 bits per heavy atom. The van der Waals surface area contributed by atoms with Gasteiger partial charge < -0.3 is 10.1 Å². The average molecular weight is 417 g/mol. The molecule has 126 valence electrons. The predicted molar refractivity (Wildman–Crippen MR) is 104 cm³/mol. The zero-order valence-electron chi connectivity index (χ0n) is 13.2. The van der Waals surface area contributed by atoms with Gasteiger partial charge in [-0.15, -0.1) is 0 Å². The number of ether oxygens (including phenoxy) is 1. The zero-order chi connectivity index (χ0) is 17.6. The molecule has 0 unspecified atom stereocenters. The Labute approximate surface area is 159 Å². The monoisotopic (exact) mass is 415 g/mol. The second-order valence-electron chi connectivity index (χ2n) is 5.38. The standard InChI is InChI=1S/C20H15BrClNO2/c21-15-7-4-8-17(11-15)23-20(24)18-12-16(22)9-10-19(18)25-13-14-5-2-1-3-6-14/h1-12H,13H2,(H,23,24). The van der Waals surface area contributed by atoms with Gasteiger partial charge in [0.15, 0.2) is 0 Å². The number of amides is 1. The third kappa shape index (κ3) is 4.84. The van der Waals surface area contributed by atoms with Crippen molar-refractivity contribution in [2.75, 3.05) is 5.32 Å². The molecule has 0 aliphatic heterocycles. The summed E-state index contributed by atoms with van der Waals surface area (Å²) < 4.78 is 6.72. The van der Waals surface area contributed by atoms with Crippen molar-refractivity contribution in [2.24, 2.45) is 0 Å². The van der Waals surface area contributed by atoms with Gasteiger partial charge in [-0.05, 0) is 42.0 Å². The van der Waals surface area contributed by atoms with Gasteiger partial charge in [-0.1, -0.05) is 63.9 Å². The largest absolute Gasteiger partial charge is 0.488 e. The van der Waals surface area contributed by atoms with E-state index in [0.29, 0.717) is 28.6 Å². The Morgan fingerprint density at radius 1 is 1.00 bits per heavy atom. The highest BCUT2D eigenvalue weighted by Gasteiger charge is 2.14. The summed E-state index contributed by atoms with van der Waals surface area (Å²) in [6, 6.07) is 22.2. The zero-order valence-corrected chi connectivity index (χ0v) is 15.5. The van der Waals surface area contributed by atoms with Crippen molar-refractivity contribution in [1.82, 2.24) is 0 Å². The summed E-state index contributed by atoms with van der Waals surface area (Å²) in [6.07, 6.45) is 0. The average Bonchev–Trinajstić information content (AvgIpc) is 2.61. The van der Waals surface area contributed by atoms with Crippen LogP contribution in [0.1, 0.15) is 15.9 Å². The van der Waals surface area contributed by atoms with E-state index in [1.54, 1.807) is 18.2 Å². The Kier molecular flexibility index (Phi) is 5.74. The van der Waals surface area contributed by atoms with Gasteiger partial charge >= 0.3 is 0 Å². The predicted octanol–water partition coefficient (Wildman–Crippen LogP) is 5.93. The fourth-order valence-corrected chi connectivity index (χ4v) is 2.88. The van der Waals surface area contributed by atoms with E-state index < -0.39 is 0 Å². The van der Waals surface area contributed by atoms with Crippen LogP contribution in [-0.2, 0) is 6.61 Å². The molecule has 0 atom stereocenters. The van der Waals surface area contributed by atoms with E-state index in [9.17, 15) is 4.79 Å². The number of rotatable bonds is 5. The van der Waals surface area contributed by atoms with E-state index in [1.807, 2.05) is 54.6 Å². The molecule has 1 amide bonds. The first-order valence-corrected chi connectivity index (χ1v) is 8.82. The van der Waals surface area contributed by atoms with Gasteiger partial charge in [-0.25, -0.2) is 0 Å². The van der Waals surface area contributed by atoms with E-state index in [1.165, 1.54) is 0 Å².